The van der Waals surface area contributed by atoms with Crippen LogP contribution in [0.15, 0.2) is 45.5 Å². The number of azo groups is 1. The van der Waals surface area contributed by atoms with Gasteiger partial charge in [-0.1, -0.05) is 11.8 Å². The van der Waals surface area contributed by atoms with E-state index in [1.807, 2.05) is 0 Å². The minimum Gasteiger partial charge on any atom is -0.395 e. The number of allylic oxidation sites excluding steroid dienone is 1. The normalized spacial score (nSPS) is 20.5. The first-order chi connectivity index (χ1) is 11.0. The molecule has 0 radical (unpaired) electrons. The molecule has 23 heavy (non-hydrogen) atoms. The summed E-state index contributed by atoms with van der Waals surface area (Å²) in [5.74, 6) is -0.209. The Hall–Kier alpha value is -2.26. The number of anilines is 1. The van der Waals surface area contributed by atoms with Gasteiger partial charge >= 0.3 is 0 Å². The summed E-state index contributed by atoms with van der Waals surface area (Å²) >= 11 is 1.06. The maximum Gasteiger partial charge on any atom is 0.266 e. The fourth-order valence-corrected chi connectivity index (χ4v) is 2.96. The third-order valence-electron chi connectivity index (χ3n) is 3.05. The molecule has 1 aliphatic heterocycles. The molecule has 0 aromatic heterocycles. The Kier molecular flexibility index (Phi) is 5.83. The van der Waals surface area contributed by atoms with Gasteiger partial charge in [0, 0.05) is 23.2 Å². The third kappa shape index (κ3) is 4.60. The summed E-state index contributed by atoms with van der Waals surface area (Å²) in [7, 11) is 0. The Morgan fingerprint density at radius 3 is 2.70 bits per heavy atom. The number of hydrogen-bond acceptors (Lipinski definition) is 8. The summed E-state index contributed by atoms with van der Waals surface area (Å²) in [6, 6.07) is 5.92. The van der Waals surface area contributed by atoms with Gasteiger partial charge in [0.1, 0.15) is 0 Å². The average Bonchev–Trinajstić information content (AvgIpc) is 2.96. The van der Waals surface area contributed by atoms with Crippen molar-refractivity contribution >= 4 is 28.9 Å². The molecule has 122 valence electrons. The number of carbonyl (C=O) groups is 1. The van der Waals surface area contributed by atoms with Gasteiger partial charge in [-0.2, -0.15) is 10.2 Å². The second-order valence-corrected chi connectivity index (χ2v) is 5.94. The molecule has 8 nitrogen and oxygen atoms in total. The lowest BCUT2D eigenvalue weighted by Crippen LogP contribution is -2.24. The van der Waals surface area contributed by atoms with Crippen molar-refractivity contribution in [2.24, 2.45) is 10.2 Å². The first-order valence-corrected chi connectivity index (χ1v) is 7.78. The fraction of sp³-hybridized carbons (Fsp3) is 0.357. The van der Waals surface area contributed by atoms with Gasteiger partial charge in [-0.25, -0.2) is 0 Å². The maximum absolute atomic E-state index is 11.3. The molecule has 0 saturated carbocycles. The lowest BCUT2D eigenvalue weighted by Gasteiger charge is -2.06. The molecule has 2 unspecified atom stereocenters. The number of aliphatic hydroxyl groups is 1. The summed E-state index contributed by atoms with van der Waals surface area (Å²) in [5.41, 5.74) is 1.38. The van der Waals surface area contributed by atoms with Crippen LogP contribution >= 0.6 is 11.8 Å². The minimum absolute atomic E-state index is 0.0358. The lowest BCUT2D eigenvalue weighted by atomic mass is 10.2. The fourth-order valence-electron chi connectivity index (χ4n) is 1.90. The van der Waals surface area contributed by atoms with E-state index in [0.717, 1.165) is 17.4 Å². The smallest absolute Gasteiger partial charge is 0.266 e. The maximum atomic E-state index is 11.3. The van der Waals surface area contributed by atoms with Crippen molar-refractivity contribution in [3.05, 3.63) is 45.4 Å². The predicted molar refractivity (Wildman–Crippen MR) is 87.5 cm³/mol. The summed E-state index contributed by atoms with van der Waals surface area (Å²) in [5, 5.41) is 30.1. The minimum atomic E-state index is -1.05. The average molecular weight is 336 g/mol. The number of rotatable bonds is 7. The van der Waals surface area contributed by atoms with Crippen molar-refractivity contribution in [2.75, 3.05) is 18.5 Å². The van der Waals surface area contributed by atoms with Gasteiger partial charge in [-0.15, -0.1) is 0 Å². The zero-order valence-corrected chi connectivity index (χ0v) is 13.2. The molecule has 1 aromatic rings. The number of benzene rings is 1. The molecular weight excluding hydrogens is 320 g/mol. The lowest BCUT2D eigenvalue weighted by molar-refractivity contribution is -0.508. The molecule has 0 spiro atoms. The van der Waals surface area contributed by atoms with Gasteiger partial charge in [0.25, 0.3) is 6.04 Å². The van der Waals surface area contributed by atoms with Gasteiger partial charge < -0.3 is 10.4 Å². The van der Waals surface area contributed by atoms with Gasteiger partial charge in [-0.3, -0.25) is 14.9 Å². The highest BCUT2D eigenvalue weighted by Crippen LogP contribution is 2.36. The summed E-state index contributed by atoms with van der Waals surface area (Å²) in [6.07, 6.45) is 1.33. The highest BCUT2D eigenvalue weighted by molar-refractivity contribution is 8.04. The van der Waals surface area contributed by atoms with E-state index in [2.05, 4.69) is 15.5 Å². The number of carbonyl (C=O) groups excluding carboxylic acids is 1. The predicted octanol–water partition coefficient (Wildman–Crippen LogP) is 2.37. The molecule has 0 fully saturated rings. The van der Waals surface area contributed by atoms with E-state index in [1.54, 1.807) is 24.3 Å². The van der Waals surface area contributed by atoms with Gasteiger partial charge in [0.2, 0.25) is 0 Å². The van der Waals surface area contributed by atoms with Crippen molar-refractivity contribution < 1.29 is 14.8 Å². The van der Waals surface area contributed by atoms with E-state index in [9.17, 15) is 14.9 Å². The van der Waals surface area contributed by atoms with E-state index >= 15 is 0 Å². The first kappa shape index (κ1) is 17.1. The Labute approximate surface area is 136 Å². The topological polar surface area (TPSA) is 117 Å². The van der Waals surface area contributed by atoms with Crippen LogP contribution in [-0.4, -0.2) is 40.4 Å². The molecule has 2 N–H and O–H groups in total. The van der Waals surface area contributed by atoms with Crippen LogP contribution in [0.5, 0.6) is 0 Å². The molecule has 1 aliphatic rings. The van der Waals surface area contributed by atoms with Crippen LogP contribution in [0.2, 0.25) is 0 Å². The Morgan fingerprint density at radius 1 is 1.43 bits per heavy atom. The molecule has 9 heteroatoms. The second-order valence-electron chi connectivity index (χ2n) is 4.78. The number of ketones is 1. The van der Waals surface area contributed by atoms with Gasteiger partial charge in [0.15, 0.2) is 11.2 Å². The Balaban J connectivity index is 2.04. The molecule has 2 atom stereocenters. The third-order valence-corrected chi connectivity index (χ3v) is 4.34. The molecular formula is C14H16N4O4S. The highest BCUT2D eigenvalue weighted by atomic mass is 32.2. The van der Waals surface area contributed by atoms with E-state index in [-0.39, 0.29) is 12.4 Å². The molecule has 1 heterocycles. The number of nitrogens with zero attached hydrogens (tertiary/aromatic N) is 3. The van der Waals surface area contributed by atoms with Crippen LogP contribution in [0.25, 0.3) is 0 Å². The quantitative estimate of drug-likeness (QED) is 0.448. The number of hydrogen-bond donors (Lipinski definition) is 2. The number of thioether (sulfide) groups is 1. The van der Waals surface area contributed by atoms with Crippen LogP contribution in [0.3, 0.4) is 0 Å². The molecule has 0 amide bonds. The number of nitrogens with one attached hydrogen (secondary N) is 1. The van der Waals surface area contributed by atoms with Crippen LogP contribution < -0.4 is 5.32 Å². The van der Waals surface area contributed by atoms with E-state index in [4.69, 9.17) is 5.11 Å². The van der Waals surface area contributed by atoms with Gasteiger partial charge in [0.05, 0.1) is 17.2 Å². The standard InChI is InChI=1S/C14H16N4O4S/c1-9(20)13-8-12(18(21)22)14(23-13)17-16-11-4-2-10(3-5-11)15-6-7-19/h2-5,8,12,14-15,19H,6-7H2,1H3. The van der Waals surface area contributed by atoms with Crippen LogP contribution in [0.4, 0.5) is 11.4 Å². The summed E-state index contributed by atoms with van der Waals surface area (Å²) < 4.78 is 0. The van der Waals surface area contributed by atoms with Crippen LogP contribution in [0, 0.1) is 10.1 Å². The summed E-state index contributed by atoms with van der Waals surface area (Å²) in [6.45, 7) is 1.85. The second kappa shape index (κ2) is 7.84. The SMILES string of the molecule is CC(=O)C1=CC([N+](=O)[O-])C(N=Nc2ccc(NCCO)cc2)S1. The largest absolute Gasteiger partial charge is 0.395 e. The van der Waals surface area contributed by atoms with E-state index < -0.39 is 16.3 Å². The van der Waals surface area contributed by atoms with Crippen LogP contribution in [-0.2, 0) is 4.79 Å². The number of nitro groups is 1. The molecule has 0 aliphatic carbocycles. The number of Topliss-reactive ketones (excluding diaryl/α,β-unsaturated/α-hetero) is 1. The summed E-state index contributed by atoms with van der Waals surface area (Å²) in [4.78, 5) is 22.3. The molecule has 0 saturated heterocycles. The van der Waals surface area contributed by atoms with Crippen molar-refractivity contribution in [3.8, 4) is 0 Å². The van der Waals surface area contributed by atoms with Crippen molar-refractivity contribution in [1.82, 2.24) is 0 Å². The number of aliphatic hydroxyl groups excluding tert-OH is 1. The first-order valence-electron chi connectivity index (χ1n) is 6.90. The zero-order valence-electron chi connectivity index (χ0n) is 12.4. The van der Waals surface area contributed by atoms with E-state index in [1.165, 1.54) is 13.0 Å². The Bertz CT molecular complexity index is 645. The van der Waals surface area contributed by atoms with Gasteiger partial charge in [-0.05, 0) is 31.2 Å². The van der Waals surface area contributed by atoms with Crippen molar-refractivity contribution in [2.45, 2.75) is 18.3 Å². The van der Waals surface area contributed by atoms with E-state index in [0.29, 0.717) is 17.1 Å². The van der Waals surface area contributed by atoms with Crippen molar-refractivity contribution in [3.63, 3.8) is 0 Å². The van der Waals surface area contributed by atoms with Crippen molar-refractivity contribution in [1.29, 1.82) is 0 Å². The molecule has 0 bridgehead atoms. The highest BCUT2D eigenvalue weighted by Gasteiger charge is 2.38. The zero-order chi connectivity index (χ0) is 16.8. The molecule has 1 aromatic carbocycles. The molecule has 2 rings (SSSR count). The monoisotopic (exact) mass is 336 g/mol. The van der Waals surface area contributed by atoms with Crippen LogP contribution in [0.1, 0.15) is 6.92 Å². The Morgan fingerprint density at radius 2 is 2.13 bits per heavy atom.